The zero-order valence-electron chi connectivity index (χ0n) is 20.8. The van der Waals surface area contributed by atoms with Gasteiger partial charge in [0.2, 0.25) is 0 Å². The van der Waals surface area contributed by atoms with Crippen molar-refractivity contribution in [3.05, 3.63) is 82.3 Å². The van der Waals surface area contributed by atoms with Crippen LogP contribution >= 0.6 is 15.9 Å². The molecule has 1 aliphatic rings. The summed E-state index contributed by atoms with van der Waals surface area (Å²) in [6.45, 7) is 6.97. The Labute approximate surface area is 220 Å². The van der Waals surface area contributed by atoms with Crippen molar-refractivity contribution in [2.24, 2.45) is 0 Å². The third kappa shape index (κ3) is 5.82. The fourth-order valence-corrected chi connectivity index (χ4v) is 4.80. The van der Waals surface area contributed by atoms with Gasteiger partial charge in [-0.2, -0.15) is 0 Å². The number of nitrogens with zero attached hydrogens (tertiary/aromatic N) is 2. The lowest BCUT2D eigenvalue weighted by Crippen LogP contribution is -2.47. The molecule has 3 aromatic rings. The zero-order chi connectivity index (χ0) is 25.7. The third-order valence-corrected chi connectivity index (χ3v) is 6.78. The van der Waals surface area contributed by atoms with Gasteiger partial charge in [-0.25, -0.2) is 0 Å². The normalized spacial score (nSPS) is 13.5. The minimum Gasteiger partial charge on any atom is -0.495 e. The van der Waals surface area contributed by atoms with E-state index in [9.17, 15) is 9.59 Å². The van der Waals surface area contributed by atoms with Crippen LogP contribution in [0.25, 0.3) is 0 Å². The van der Waals surface area contributed by atoms with Crippen LogP contribution in [0.3, 0.4) is 0 Å². The van der Waals surface area contributed by atoms with Crippen LogP contribution in [0.15, 0.2) is 71.2 Å². The van der Waals surface area contributed by atoms with Gasteiger partial charge in [0.05, 0.1) is 23.9 Å². The van der Waals surface area contributed by atoms with Gasteiger partial charge in [-0.1, -0.05) is 24.3 Å². The molecule has 1 fully saturated rings. The highest BCUT2D eigenvalue weighted by atomic mass is 79.9. The molecule has 0 bridgehead atoms. The fraction of sp³-hybridized carbons (Fsp3) is 0.286. The van der Waals surface area contributed by atoms with Crippen molar-refractivity contribution in [3.8, 4) is 5.75 Å². The van der Waals surface area contributed by atoms with E-state index >= 15 is 0 Å². The van der Waals surface area contributed by atoms with Gasteiger partial charge in [-0.15, -0.1) is 0 Å². The molecule has 0 aliphatic carbocycles. The summed E-state index contributed by atoms with van der Waals surface area (Å²) in [5, 5.41) is 5.93. The Morgan fingerprint density at radius 2 is 1.47 bits per heavy atom. The second-order valence-corrected chi connectivity index (χ2v) is 9.79. The molecule has 0 radical (unpaired) electrons. The predicted octanol–water partition coefficient (Wildman–Crippen LogP) is 5.17. The molecule has 188 valence electrons. The number of rotatable bonds is 7. The van der Waals surface area contributed by atoms with Crippen molar-refractivity contribution < 1.29 is 14.3 Å². The van der Waals surface area contributed by atoms with Crippen LogP contribution in [-0.4, -0.2) is 51.1 Å². The highest BCUT2D eigenvalue weighted by Crippen LogP contribution is 2.31. The minimum absolute atomic E-state index is 0.00809. The number of amides is 2. The SMILES string of the molecule is COc1ccccc1N1CCN(c2ccc(NC(=O)c3ccccc3Br)cc2C(=O)NC(C)C)CC1. The lowest BCUT2D eigenvalue weighted by atomic mass is 10.1. The van der Waals surface area contributed by atoms with Gasteiger partial charge in [0.15, 0.2) is 0 Å². The summed E-state index contributed by atoms with van der Waals surface area (Å²) in [5.74, 6) is 0.452. The van der Waals surface area contributed by atoms with E-state index in [1.165, 1.54) is 0 Å². The molecule has 1 aliphatic heterocycles. The number of piperazine rings is 1. The zero-order valence-corrected chi connectivity index (χ0v) is 22.3. The Morgan fingerprint density at radius 1 is 0.833 bits per heavy atom. The number of hydrogen-bond acceptors (Lipinski definition) is 5. The number of ether oxygens (including phenoxy) is 1. The van der Waals surface area contributed by atoms with Crippen LogP contribution in [0.4, 0.5) is 17.1 Å². The van der Waals surface area contributed by atoms with Gasteiger partial charge in [-0.3, -0.25) is 9.59 Å². The number of nitrogens with one attached hydrogen (secondary N) is 2. The summed E-state index contributed by atoms with van der Waals surface area (Å²) in [6.07, 6.45) is 0. The van der Waals surface area contributed by atoms with Crippen molar-refractivity contribution >= 4 is 44.8 Å². The van der Waals surface area contributed by atoms with Gasteiger partial charge in [0.25, 0.3) is 11.8 Å². The average Bonchev–Trinajstić information content (AvgIpc) is 2.88. The van der Waals surface area contributed by atoms with Crippen molar-refractivity contribution in [3.63, 3.8) is 0 Å². The first-order valence-electron chi connectivity index (χ1n) is 12.0. The molecule has 4 rings (SSSR count). The number of methoxy groups -OCH3 is 1. The number of hydrogen-bond donors (Lipinski definition) is 2. The maximum atomic E-state index is 13.2. The second-order valence-electron chi connectivity index (χ2n) is 8.94. The quantitative estimate of drug-likeness (QED) is 0.424. The van der Waals surface area contributed by atoms with Crippen LogP contribution in [0.1, 0.15) is 34.6 Å². The molecule has 1 heterocycles. The van der Waals surface area contributed by atoms with Crippen LogP contribution in [0.5, 0.6) is 5.75 Å². The largest absolute Gasteiger partial charge is 0.495 e. The molecule has 0 atom stereocenters. The Hall–Kier alpha value is -3.52. The third-order valence-electron chi connectivity index (χ3n) is 6.08. The molecule has 0 aromatic heterocycles. The van der Waals surface area contributed by atoms with Crippen molar-refractivity contribution in [2.75, 3.05) is 48.4 Å². The molecule has 7 nitrogen and oxygen atoms in total. The standard InChI is InChI=1S/C28H31BrN4O3/c1-19(2)30-28(35)22-18-20(31-27(34)21-8-4-5-9-23(21)29)12-13-24(22)32-14-16-33(17-15-32)25-10-6-7-11-26(25)36-3/h4-13,18-19H,14-17H2,1-3H3,(H,30,35)(H,31,34). The molecule has 2 amide bonds. The highest BCUT2D eigenvalue weighted by molar-refractivity contribution is 9.10. The molecule has 3 aromatic carbocycles. The Kier molecular flexibility index (Phi) is 8.15. The molecular weight excluding hydrogens is 520 g/mol. The summed E-state index contributed by atoms with van der Waals surface area (Å²) in [4.78, 5) is 30.5. The van der Waals surface area contributed by atoms with Gasteiger partial charge >= 0.3 is 0 Å². The first-order valence-corrected chi connectivity index (χ1v) is 12.8. The predicted molar refractivity (Wildman–Crippen MR) is 149 cm³/mol. The van der Waals surface area contributed by atoms with Crippen molar-refractivity contribution in [2.45, 2.75) is 19.9 Å². The van der Waals surface area contributed by atoms with E-state index < -0.39 is 0 Å². The first-order chi connectivity index (χ1) is 17.4. The van der Waals surface area contributed by atoms with E-state index in [0.717, 1.165) is 43.3 Å². The molecule has 1 saturated heterocycles. The van der Waals surface area contributed by atoms with Gasteiger partial charge in [0, 0.05) is 48.1 Å². The van der Waals surface area contributed by atoms with Gasteiger partial charge in [-0.05, 0) is 72.2 Å². The van der Waals surface area contributed by atoms with E-state index in [1.54, 1.807) is 19.2 Å². The molecule has 0 spiro atoms. The smallest absolute Gasteiger partial charge is 0.256 e. The summed E-state index contributed by atoms with van der Waals surface area (Å²) < 4.78 is 6.25. The van der Waals surface area contributed by atoms with E-state index in [-0.39, 0.29) is 17.9 Å². The number of benzene rings is 3. The van der Waals surface area contributed by atoms with Crippen molar-refractivity contribution in [1.29, 1.82) is 0 Å². The summed E-state index contributed by atoms with van der Waals surface area (Å²) in [6, 6.07) is 20.8. The topological polar surface area (TPSA) is 73.9 Å². The number of anilines is 3. The molecule has 0 saturated carbocycles. The van der Waals surface area contributed by atoms with Gasteiger partial charge < -0.3 is 25.2 Å². The molecule has 8 heteroatoms. The summed E-state index contributed by atoms with van der Waals surface area (Å²) in [7, 11) is 1.69. The van der Waals surface area contributed by atoms with Crippen LogP contribution in [-0.2, 0) is 0 Å². The average molecular weight is 551 g/mol. The fourth-order valence-electron chi connectivity index (χ4n) is 4.33. The molecule has 2 N–H and O–H groups in total. The van der Waals surface area contributed by atoms with E-state index in [4.69, 9.17) is 4.74 Å². The highest BCUT2D eigenvalue weighted by Gasteiger charge is 2.24. The van der Waals surface area contributed by atoms with E-state index in [1.807, 2.05) is 62.4 Å². The van der Waals surface area contributed by atoms with Crippen molar-refractivity contribution in [1.82, 2.24) is 5.32 Å². The molecule has 0 unspecified atom stereocenters. The Balaban J connectivity index is 1.56. The summed E-state index contributed by atoms with van der Waals surface area (Å²) >= 11 is 3.43. The molecule has 36 heavy (non-hydrogen) atoms. The van der Waals surface area contributed by atoms with Crippen LogP contribution in [0.2, 0.25) is 0 Å². The monoisotopic (exact) mass is 550 g/mol. The second kappa shape index (κ2) is 11.5. The minimum atomic E-state index is -0.240. The summed E-state index contributed by atoms with van der Waals surface area (Å²) in [5.41, 5.74) is 3.57. The maximum absolute atomic E-state index is 13.2. The number of carbonyl (C=O) groups excluding carboxylic acids is 2. The lowest BCUT2D eigenvalue weighted by Gasteiger charge is -2.38. The lowest BCUT2D eigenvalue weighted by molar-refractivity contribution is 0.0942. The van der Waals surface area contributed by atoms with E-state index in [0.29, 0.717) is 21.3 Å². The first kappa shape index (κ1) is 25.6. The van der Waals surface area contributed by atoms with Crippen LogP contribution in [0, 0.1) is 0 Å². The van der Waals surface area contributed by atoms with Crippen LogP contribution < -0.4 is 25.2 Å². The van der Waals surface area contributed by atoms with E-state index in [2.05, 4.69) is 42.4 Å². The number of para-hydroxylation sites is 2. The Morgan fingerprint density at radius 3 is 2.14 bits per heavy atom. The van der Waals surface area contributed by atoms with Gasteiger partial charge in [0.1, 0.15) is 5.75 Å². The number of halogens is 1. The maximum Gasteiger partial charge on any atom is 0.256 e. The number of carbonyl (C=O) groups is 2. The molecular formula is C28H31BrN4O3. The Bertz CT molecular complexity index is 1240.